The fraction of sp³-hybridized carbons (Fsp3) is 0.200. The van der Waals surface area contributed by atoms with Gasteiger partial charge in [0.25, 0.3) is 0 Å². The van der Waals surface area contributed by atoms with E-state index in [1.54, 1.807) is 0 Å². The van der Waals surface area contributed by atoms with Crippen LogP contribution in [-0.2, 0) is 19.1 Å². The summed E-state index contributed by atoms with van der Waals surface area (Å²) in [6.45, 7) is 0. The summed E-state index contributed by atoms with van der Waals surface area (Å²) in [5.41, 5.74) is 0. The van der Waals surface area contributed by atoms with Crippen LogP contribution in [-0.4, -0.2) is 20.8 Å². The number of hydrogen-bond donors (Lipinski definition) is 0. The van der Waals surface area contributed by atoms with E-state index in [2.05, 4.69) is 33.5 Å². The molecule has 16 heavy (non-hydrogen) atoms. The topological polar surface area (TPSA) is 52.6 Å². The number of halogens is 2. The Hall–Kier alpha value is -0.740. The van der Waals surface area contributed by atoms with E-state index in [4.69, 9.17) is 0 Å². The molecule has 0 saturated carbocycles. The molecule has 0 aliphatic rings. The maximum absolute atomic E-state index is 10.9. The third-order valence-corrected chi connectivity index (χ3v) is 1.70. The van der Waals surface area contributed by atoms with E-state index in [1.165, 1.54) is 0 Å². The summed E-state index contributed by atoms with van der Waals surface area (Å²) in [4.78, 5) is 21.8. The first-order valence-corrected chi connectivity index (χ1v) is 6.93. The molecule has 0 amide bonds. The number of carbonyl (C=O) groups is 2. The van der Waals surface area contributed by atoms with Crippen molar-refractivity contribution < 1.29 is 19.1 Å². The highest BCUT2D eigenvalue weighted by atomic mass is 127. The van der Waals surface area contributed by atoms with Gasteiger partial charge in [-0.05, 0) is 11.8 Å². The molecule has 6 heteroatoms. The third kappa shape index (κ3) is 9.80. The first kappa shape index (κ1) is 15.3. The number of hydrogen-bond acceptors (Lipinski definition) is 4. The van der Waals surface area contributed by atoms with Crippen molar-refractivity contribution in [1.29, 1.82) is 0 Å². The zero-order valence-corrected chi connectivity index (χ0v) is 12.3. The maximum atomic E-state index is 10.9. The van der Waals surface area contributed by atoms with Gasteiger partial charge in [0.15, 0.2) is 0 Å². The van der Waals surface area contributed by atoms with Crippen LogP contribution in [0.15, 0.2) is 12.2 Å². The quantitative estimate of drug-likeness (QED) is 0.213. The van der Waals surface area contributed by atoms with Gasteiger partial charge in [0.05, 0.1) is 8.86 Å². The summed E-state index contributed by atoms with van der Waals surface area (Å²) >= 11 is 4.02. The zero-order valence-electron chi connectivity index (χ0n) is 7.96. The van der Waals surface area contributed by atoms with E-state index in [9.17, 15) is 9.59 Å². The van der Waals surface area contributed by atoms with Crippen LogP contribution < -0.4 is 0 Å². The summed E-state index contributed by atoms with van der Waals surface area (Å²) in [7, 11) is 0. The molecule has 0 spiro atoms. The molecule has 84 valence electrons. The van der Waals surface area contributed by atoms with E-state index in [0.717, 1.165) is 12.2 Å². The summed E-state index contributed by atoms with van der Waals surface area (Å²) in [6.07, 6.45) is 6.20. The molecular formula is C10H6I2O4. The van der Waals surface area contributed by atoms with Gasteiger partial charge in [-0.1, -0.05) is 45.2 Å². The fourth-order valence-corrected chi connectivity index (χ4v) is 0.743. The summed E-state index contributed by atoms with van der Waals surface area (Å²) < 4.78 is 9.96. The second kappa shape index (κ2) is 10.8. The van der Waals surface area contributed by atoms with Crippen LogP contribution in [0.1, 0.15) is 0 Å². The van der Waals surface area contributed by atoms with Gasteiger partial charge >= 0.3 is 11.9 Å². The predicted octanol–water partition coefficient (Wildman–Crippen LogP) is 1.42. The van der Waals surface area contributed by atoms with E-state index < -0.39 is 11.9 Å². The fourth-order valence-electron chi connectivity index (χ4n) is 0.431. The van der Waals surface area contributed by atoms with Crippen LogP contribution in [0.25, 0.3) is 0 Å². The minimum absolute atomic E-state index is 0.558. The van der Waals surface area contributed by atoms with Crippen molar-refractivity contribution >= 4 is 57.1 Å². The van der Waals surface area contributed by atoms with Gasteiger partial charge in [0, 0.05) is 12.2 Å². The molecule has 0 bridgehead atoms. The Labute approximate surface area is 120 Å². The van der Waals surface area contributed by atoms with Crippen molar-refractivity contribution in [3.63, 3.8) is 0 Å². The van der Waals surface area contributed by atoms with E-state index in [-0.39, 0.29) is 0 Å². The van der Waals surface area contributed by atoms with Gasteiger partial charge in [0.1, 0.15) is 12.2 Å². The lowest BCUT2D eigenvalue weighted by atomic mass is 10.5. The Morgan fingerprint density at radius 2 is 1.31 bits per heavy atom. The Morgan fingerprint density at radius 1 is 0.938 bits per heavy atom. The van der Waals surface area contributed by atoms with Gasteiger partial charge < -0.3 is 9.47 Å². The average molecular weight is 444 g/mol. The van der Waals surface area contributed by atoms with Crippen LogP contribution in [0.3, 0.4) is 0 Å². The molecule has 0 unspecified atom stereocenters. The van der Waals surface area contributed by atoms with Gasteiger partial charge in [0.2, 0.25) is 0 Å². The van der Waals surface area contributed by atoms with Crippen molar-refractivity contribution in [2.45, 2.75) is 0 Å². The molecule has 0 N–H and O–H groups in total. The number of esters is 2. The highest BCUT2D eigenvalue weighted by Gasteiger charge is 1.98. The van der Waals surface area contributed by atoms with Crippen molar-refractivity contribution in [2.75, 3.05) is 8.86 Å². The molecule has 0 aromatic carbocycles. The lowest BCUT2D eigenvalue weighted by Gasteiger charge is -1.88. The number of rotatable bonds is 2. The van der Waals surface area contributed by atoms with Crippen LogP contribution in [0, 0.1) is 24.1 Å². The van der Waals surface area contributed by atoms with E-state index in [0.29, 0.717) is 8.86 Å². The normalized spacial score (nSPS) is 8.38. The highest BCUT2D eigenvalue weighted by Crippen LogP contribution is 1.85. The largest absolute Gasteiger partial charge is 0.369 e. The molecule has 0 aliphatic carbocycles. The molecule has 0 saturated heterocycles. The van der Waals surface area contributed by atoms with E-state index in [1.807, 2.05) is 45.2 Å². The molecule has 0 fully saturated rings. The van der Waals surface area contributed by atoms with Crippen LogP contribution in [0.2, 0.25) is 0 Å². The van der Waals surface area contributed by atoms with Crippen LogP contribution in [0.4, 0.5) is 0 Å². The minimum atomic E-state index is -0.726. The Morgan fingerprint density at radius 3 is 1.62 bits per heavy atom. The third-order valence-electron chi connectivity index (χ3n) is 0.937. The minimum Gasteiger partial charge on any atom is -0.369 e. The van der Waals surface area contributed by atoms with Gasteiger partial charge in [-0.15, -0.1) is 0 Å². The molecular weight excluding hydrogens is 438 g/mol. The molecule has 0 radical (unpaired) electrons. The van der Waals surface area contributed by atoms with Crippen LogP contribution >= 0.6 is 45.2 Å². The van der Waals surface area contributed by atoms with Crippen molar-refractivity contribution in [1.82, 2.24) is 0 Å². The summed E-state index contributed by atoms with van der Waals surface area (Å²) in [6, 6.07) is 0. The summed E-state index contributed by atoms with van der Waals surface area (Å²) in [5.74, 6) is 3.61. The van der Waals surface area contributed by atoms with Crippen molar-refractivity contribution in [3.05, 3.63) is 12.2 Å². The molecule has 0 heterocycles. The van der Waals surface area contributed by atoms with Gasteiger partial charge in [-0.25, -0.2) is 9.59 Å². The first-order chi connectivity index (χ1) is 7.70. The molecule has 0 aliphatic heterocycles. The van der Waals surface area contributed by atoms with Crippen molar-refractivity contribution in [2.24, 2.45) is 0 Å². The highest BCUT2D eigenvalue weighted by molar-refractivity contribution is 14.1. The Kier molecular flexibility index (Phi) is 10.3. The molecule has 0 aromatic heterocycles. The first-order valence-electron chi connectivity index (χ1n) is 3.88. The SMILES string of the molecule is O=C(/C=C\C(=O)OC#CCI)OC#CCI. The van der Waals surface area contributed by atoms with Gasteiger partial charge in [-0.3, -0.25) is 0 Å². The summed E-state index contributed by atoms with van der Waals surface area (Å²) in [5, 5.41) is 0. The second-order valence-corrected chi connectivity index (χ2v) is 3.53. The number of alkyl halides is 2. The molecule has 0 atom stereocenters. The van der Waals surface area contributed by atoms with Gasteiger partial charge in [-0.2, -0.15) is 0 Å². The van der Waals surface area contributed by atoms with Crippen molar-refractivity contribution in [3.8, 4) is 24.1 Å². The van der Waals surface area contributed by atoms with E-state index >= 15 is 0 Å². The Balaban J connectivity index is 3.98. The standard InChI is InChI=1S/C10H6I2O4/c11-5-1-7-15-9(13)3-4-10(14)16-8-2-6-12/h3-4H,5-6H2/b4-3-. The molecule has 0 aromatic rings. The predicted molar refractivity (Wildman–Crippen MR) is 74.7 cm³/mol. The maximum Gasteiger partial charge on any atom is 0.344 e. The molecule has 0 rings (SSSR count). The molecule has 4 nitrogen and oxygen atoms in total. The number of ether oxygens (including phenoxy) is 2. The lowest BCUT2D eigenvalue weighted by Crippen LogP contribution is -1.99. The second-order valence-electron chi connectivity index (χ2n) is 2.00. The zero-order chi connectivity index (χ0) is 12.2. The lowest BCUT2D eigenvalue weighted by molar-refractivity contribution is -0.133. The number of carbonyl (C=O) groups excluding carboxylic acids is 2. The Bertz CT molecular complexity index is 355. The average Bonchev–Trinajstić information content (AvgIpc) is 2.27. The van der Waals surface area contributed by atoms with Crippen LogP contribution in [0.5, 0.6) is 0 Å². The smallest absolute Gasteiger partial charge is 0.344 e. The monoisotopic (exact) mass is 444 g/mol.